The van der Waals surface area contributed by atoms with Crippen LogP contribution in [0.25, 0.3) is 0 Å². The minimum atomic E-state index is -0.322. The molecule has 0 aromatic carbocycles. The van der Waals surface area contributed by atoms with Gasteiger partial charge in [-0.05, 0) is 19.1 Å². The van der Waals surface area contributed by atoms with Crippen molar-refractivity contribution in [3.8, 4) is 0 Å². The fourth-order valence-corrected chi connectivity index (χ4v) is 1.79. The lowest BCUT2D eigenvalue weighted by atomic mass is 10.2. The lowest BCUT2D eigenvalue weighted by Crippen LogP contribution is -2.35. The molecular formula is C14H17N3O4. The van der Waals surface area contributed by atoms with Crippen molar-refractivity contribution in [3.05, 3.63) is 36.0 Å². The number of amides is 2. The fourth-order valence-electron chi connectivity index (χ4n) is 1.79. The average molecular weight is 291 g/mol. The third kappa shape index (κ3) is 4.48. The SMILES string of the molecule is Cc1cc(NC(=O)CN(C)C(=O)CCc2ccco2)no1. The maximum Gasteiger partial charge on any atom is 0.245 e. The molecule has 2 amide bonds. The van der Waals surface area contributed by atoms with Gasteiger partial charge in [0.25, 0.3) is 0 Å². The van der Waals surface area contributed by atoms with Gasteiger partial charge >= 0.3 is 0 Å². The number of carbonyl (C=O) groups excluding carboxylic acids is 2. The fraction of sp³-hybridized carbons (Fsp3) is 0.357. The molecular weight excluding hydrogens is 274 g/mol. The van der Waals surface area contributed by atoms with Crippen LogP contribution in [0, 0.1) is 6.92 Å². The zero-order valence-electron chi connectivity index (χ0n) is 12.0. The van der Waals surface area contributed by atoms with Gasteiger partial charge in [0.05, 0.1) is 12.8 Å². The number of hydrogen-bond acceptors (Lipinski definition) is 5. The third-order valence-electron chi connectivity index (χ3n) is 2.87. The van der Waals surface area contributed by atoms with Crippen molar-refractivity contribution in [3.63, 3.8) is 0 Å². The molecule has 0 saturated carbocycles. The largest absolute Gasteiger partial charge is 0.469 e. The molecule has 0 aliphatic heterocycles. The van der Waals surface area contributed by atoms with E-state index >= 15 is 0 Å². The number of hydrogen-bond donors (Lipinski definition) is 1. The first-order valence-corrected chi connectivity index (χ1v) is 6.54. The van der Waals surface area contributed by atoms with E-state index in [0.717, 1.165) is 5.76 Å². The van der Waals surface area contributed by atoms with E-state index in [0.29, 0.717) is 24.4 Å². The molecule has 2 rings (SSSR count). The van der Waals surface area contributed by atoms with Crippen LogP contribution in [0.15, 0.2) is 33.4 Å². The standard InChI is InChI=1S/C14H17N3O4/c1-10-8-12(16-21-10)15-13(18)9-17(2)14(19)6-5-11-4-3-7-20-11/h3-4,7-8H,5-6,9H2,1-2H3,(H,15,16,18). The number of rotatable bonds is 6. The van der Waals surface area contributed by atoms with Gasteiger partial charge in [-0.25, -0.2) is 0 Å². The Bertz CT molecular complexity index is 604. The van der Waals surface area contributed by atoms with E-state index in [2.05, 4.69) is 10.5 Å². The van der Waals surface area contributed by atoms with Gasteiger partial charge in [0.1, 0.15) is 11.5 Å². The minimum Gasteiger partial charge on any atom is -0.469 e. The number of anilines is 1. The average Bonchev–Trinajstić information content (AvgIpc) is 3.07. The van der Waals surface area contributed by atoms with Crippen molar-refractivity contribution in [2.75, 3.05) is 18.9 Å². The van der Waals surface area contributed by atoms with Crippen LogP contribution in [0.2, 0.25) is 0 Å². The van der Waals surface area contributed by atoms with Gasteiger partial charge in [-0.1, -0.05) is 5.16 Å². The molecule has 0 fully saturated rings. The molecule has 0 unspecified atom stereocenters. The highest BCUT2D eigenvalue weighted by molar-refractivity contribution is 5.93. The van der Waals surface area contributed by atoms with Crippen molar-refractivity contribution in [1.29, 1.82) is 0 Å². The lowest BCUT2D eigenvalue weighted by Gasteiger charge is -2.15. The Kier molecular flexibility index (Phi) is 4.76. The highest BCUT2D eigenvalue weighted by atomic mass is 16.5. The molecule has 0 spiro atoms. The molecule has 1 N–H and O–H groups in total. The topological polar surface area (TPSA) is 88.6 Å². The van der Waals surface area contributed by atoms with Crippen LogP contribution < -0.4 is 5.32 Å². The Hall–Kier alpha value is -2.57. The number of likely N-dealkylation sites (N-methyl/N-ethyl adjacent to an activating group) is 1. The summed E-state index contributed by atoms with van der Waals surface area (Å²) < 4.78 is 10.00. The molecule has 21 heavy (non-hydrogen) atoms. The second-order valence-corrected chi connectivity index (χ2v) is 4.70. The zero-order chi connectivity index (χ0) is 15.2. The van der Waals surface area contributed by atoms with E-state index in [1.165, 1.54) is 4.90 Å². The van der Waals surface area contributed by atoms with Crippen LogP contribution in [-0.4, -0.2) is 35.5 Å². The van der Waals surface area contributed by atoms with Crippen molar-refractivity contribution in [2.45, 2.75) is 19.8 Å². The van der Waals surface area contributed by atoms with Crippen LogP contribution in [0.4, 0.5) is 5.82 Å². The lowest BCUT2D eigenvalue weighted by molar-refractivity contribution is -0.133. The molecule has 2 aromatic heterocycles. The van der Waals surface area contributed by atoms with Crippen LogP contribution >= 0.6 is 0 Å². The van der Waals surface area contributed by atoms with E-state index in [-0.39, 0.29) is 18.4 Å². The molecule has 7 nitrogen and oxygen atoms in total. The summed E-state index contributed by atoms with van der Waals surface area (Å²) in [6, 6.07) is 5.19. The summed E-state index contributed by atoms with van der Waals surface area (Å²) >= 11 is 0. The summed E-state index contributed by atoms with van der Waals surface area (Å²) in [6.45, 7) is 1.69. The quantitative estimate of drug-likeness (QED) is 0.873. The number of nitrogens with one attached hydrogen (secondary N) is 1. The Labute approximate surface area is 121 Å². The second-order valence-electron chi connectivity index (χ2n) is 4.70. The predicted octanol–water partition coefficient (Wildman–Crippen LogP) is 1.61. The summed E-state index contributed by atoms with van der Waals surface area (Å²) in [5, 5.41) is 6.22. The maximum atomic E-state index is 11.9. The number of nitrogens with zero attached hydrogens (tertiary/aromatic N) is 2. The Morgan fingerprint density at radius 1 is 1.43 bits per heavy atom. The Balaban J connectivity index is 1.75. The highest BCUT2D eigenvalue weighted by Gasteiger charge is 2.14. The maximum absolute atomic E-state index is 11.9. The molecule has 7 heteroatoms. The van der Waals surface area contributed by atoms with E-state index in [1.807, 2.05) is 6.07 Å². The normalized spacial score (nSPS) is 10.4. The molecule has 0 aliphatic carbocycles. The molecule has 2 heterocycles. The Morgan fingerprint density at radius 3 is 2.86 bits per heavy atom. The number of furan rings is 1. The zero-order valence-corrected chi connectivity index (χ0v) is 12.0. The van der Waals surface area contributed by atoms with Gasteiger partial charge in [-0.15, -0.1) is 0 Å². The second kappa shape index (κ2) is 6.74. The van der Waals surface area contributed by atoms with Crippen molar-refractivity contribution in [2.24, 2.45) is 0 Å². The molecule has 0 saturated heterocycles. The molecule has 0 atom stereocenters. The monoisotopic (exact) mass is 291 g/mol. The van der Waals surface area contributed by atoms with Gasteiger partial charge < -0.3 is 19.2 Å². The van der Waals surface area contributed by atoms with Crippen LogP contribution in [-0.2, 0) is 16.0 Å². The number of carbonyl (C=O) groups is 2. The van der Waals surface area contributed by atoms with Gasteiger partial charge in [0.15, 0.2) is 5.82 Å². The van der Waals surface area contributed by atoms with E-state index < -0.39 is 0 Å². The first-order chi connectivity index (χ1) is 10.0. The van der Waals surface area contributed by atoms with Crippen molar-refractivity contribution in [1.82, 2.24) is 10.1 Å². The van der Waals surface area contributed by atoms with Crippen molar-refractivity contribution < 1.29 is 18.5 Å². The molecule has 112 valence electrons. The first kappa shape index (κ1) is 14.8. The molecule has 0 radical (unpaired) electrons. The molecule has 0 aliphatic rings. The number of aromatic nitrogens is 1. The number of aryl methyl sites for hydroxylation is 2. The molecule has 2 aromatic rings. The van der Waals surface area contributed by atoms with Crippen molar-refractivity contribution >= 4 is 17.6 Å². The highest BCUT2D eigenvalue weighted by Crippen LogP contribution is 2.07. The van der Waals surface area contributed by atoms with E-state index in [1.54, 1.807) is 32.4 Å². The summed E-state index contributed by atoms with van der Waals surface area (Å²) in [4.78, 5) is 25.0. The molecule has 0 bridgehead atoms. The van der Waals surface area contributed by atoms with E-state index in [4.69, 9.17) is 8.94 Å². The summed E-state index contributed by atoms with van der Waals surface area (Å²) in [7, 11) is 1.58. The van der Waals surface area contributed by atoms with Crippen LogP contribution in [0.1, 0.15) is 17.9 Å². The van der Waals surface area contributed by atoms with Gasteiger partial charge in [0.2, 0.25) is 11.8 Å². The third-order valence-corrected chi connectivity index (χ3v) is 2.87. The van der Waals surface area contributed by atoms with Gasteiger partial charge in [0, 0.05) is 26.0 Å². The Morgan fingerprint density at radius 2 is 2.24 bits per heavy atom. The summed E-state index contributed by atoms with van der Waals surface area (Å²) in [6.07, 6.45) is 2.37. The van der Waals surface area contributed by atoms with Gasteiger partial charge in [-0.2, -0.15) is 0 Å². The van der Waals surface area contributed by atoms with Gasteiger partial charge in [-0.3, -0.25) is 9.59 Å². The minimum absolute atomic E-state index is 0.0388. The van der Waals surface area contributed by atoms with Crippen LogP contribution in [0.5, 0.6) is 0 Å². The first-order valence-electron chi connectivity index (χ1n) is 6.54. The summed E-state index contributed by atoms with van der Waals surface area (Å²) in [5.74, 6) is 1.25. The summed E-state index contributed by atoms with van der Waals surface area (Å²) in [5.41, 5.74) is 0. The van der Waals surface area contributed by atoms with E-state index in [9.17, 15) is 9.59 Å². The smallest absolute Gasteiger partial charge is 0.245 e. The predicted molar refractivity (Wildman–Crippen MR) is 74.5 cm³/mol. The van der Waals surface area contributed by atoms with Crippen LogP contribution in [0.3, 0.4) is 0 Å².